The molecule has 0 aromatic carbocycles. The summed E-state index contributed by atoms with van der Waals surface area (Å²) in [6.45, 7) is 0. The maximum absolute atomic E-state index is 3.88. The van der Waals surface area contributed by atoms with E-state index in [4.69, 9.17) is 0 Å². The zero-order chi connectivity index (χ0) is 6.10. The molecule has 0 unspecified atom stereocenters. The summed E-state index contributed by atoms with van der Waals surface area (Å²) >= 11 is 0. The molecule has 0 aliphatic carbocycles. The number of H-pyrrole nitrogens is 1. The van der Waals surface area contributed by atoms with Crippen LogP contribution in [0.25, 0.3) is 11.2 Å². The molecule has 4 nitrogen and oxygen atoms in total. The van der Waals surface area contributed by atoms with Crippen LogP contribution in [-0.2, 0) is 0 Å². The van der Waals surface area contributed by atoms with Crippen LogP contribution in [0.1, 0.15) is 0 Å². The molecule has 0 aliphatic rings. The number of rotatable bonds is 0. The van der Waals surface area contributed by atoms with Gasteiger partial charge >= 0.3 is 29.6 Å². The summed E-state index contributed by atoms with van der Waals surface area (Å²) in [6, 6.07) is 0. The molecule has 2 heterocycles. The average molecular weight is 142 g/mol. The van der Waals surface area contributed by atoms with Gasteiger partial charge in [0.05, 0.1) is 12.0 Å². The van der Waals surface area contributed by atoms with Gasteiger partial charge in [-0.15, -0.1) is 0 Å². The molecule has 5 heteroatoms. The quantitative estimate of drug-likeness (QED) is 0.318. The van der Waals surface area contributed by atoms with Crippen molar-refractivity contribution in [3.8, 4) is 0 Å². The number of nitrogens with one attached hydrogen (secondary N) is 1. The second kappa shape index (κ2) is 3.09. The fraction of sp³-hybridized carbons (Fsp3) is 0. The summed E-state index contributed by atoms with van der Waals surface area (Å²) < 4.78 is 0. The Kier molecular flexibility index (Phi) is 2.37. The third kappa shape index (κ3) is 1.18. The standard InChI is InChI=1S/C5H3N4.Na/c1-4-5(8-2-6-1)9-3-7-4;/h1,3H,(H,6,7,8,9);/q-1;+1. The molecule has 0 atom stereocenters. The molecule has 2 aromatic heterocycles. The van der Waals surface area contributed by atoms with Crippen LogP contribution in [0.3, 0.4) is 0 Å². The summed E-state index contributed by atoms with van der Waals surface area (Å²) in [5, 5.41) is 0. The van der Waals surface area contributed by atoms with Gasteiger partial charge in [0.2, 0.25) is 0 Å². The normalized spacial score (nSPS) is 9.20. The van der Waals surface area contributed by atoms with Gasteiger partial charge in [-0.3, -0.25) is 4.98 Å². The first kappa shape index (κ1) is 7.65. The third-order valence-corrected chi connectivity index (χ3v) is 1.06. The number of hydrogen-bond acceptors (Lipinski definition) is 3. The molecule has 0 aliphatic heterocycles. The van der Waals surface area contributed by atoms with Crippen LogP contribution in [0.4, 0.5) is 0 Å². The topological polar surface area (TPSA) is 54.5 Å². The minimum Gasteiger partial charge on any atom is -0.372 e. The molecule has 2 rings (SSSR count). The molecule has 1 N–H and O–H groups in total. The predicted molar refractivity (Wildman–Crippen MR) is 30.5 cm³/mol. The van der Waals surface area contributed by atoms with E-state index in [9.17, 15) is 0 Å². The minimum atomic E-state index is 0. The molecule has 2 aromatic rings. The number of aromatic nitrogens is 4. The minimum absolute atomic E-state index is 0. The monoisotopic (exact) mass is 142 g/mol. The van der Waals surface area contributed by atoms with Gasteiger partial charge in [0.15, 0.2) is 0 Å². The molecule has 0 radical (unpaired) electrons. The van der Waals surface area contributed by atoms with E-state index in [1.807, 2.05) is 0 Å². The van der Waals surface area contributed by atoms with E-state index in [2.05, 4.69) is 26.3 Å². The van der Waals surface area contributed by atoms with Crippen molar-refractivity contribution in [2.45, 2.75) is 0 Å². The fourth-order valence-electron chi connectivity index (χ4n) is 0.651. The van der Waals surface area contributed by atoms with Crippen LogP contribution < -0.4 is 29.6 Å². The van der Waals surface area contributed by atoms with E-state index in [1.165, 1.54) is 0 Å². The zero-order valence-corrected chi connectivity index (χ0v) is 7.50. The van der Waals surface area contributed by atoms with E-state index in [0.29, 0.717) is 5.65 Å². The summed E-state index contributed by atoms with van der Waals surface area (Å²) in [5.74, 6) is 0. The Bertz CT molecular complexity index is 288. The molecule has 0 bridgehead atoms. The van der Waals surface area contributed by atoms with E-state index in [-0.39, 0.29) is 29.6 Å². The van der Waals surface area contributed by atoms with Crippen molar-refractivity contribution in [3.63, 3.8) is 0 Å². The van der Waals surface area contributed by atoms with Crippen LogP contribution >= 0.6 is 0 Å². The first-order valence-electron chi connectivity index (χ1n) is 2.49. The van der Waals surface area contributed by atoms with Gasteiger partial charge in [-0.05, 0) is 5.52 Å². The van der Waals surface area contributed by atoms with Crippen molar-refractivity contribution < 1.29 is 29.6 Å². The molecule has 0 saturated heterocycles. The Morgan fingerprint density at radius 1 is 1.50 bits per heavy atom. The molecule has 44 valence electrons. The van der Waals surface area contributed by atoms with Crippen molar-refractivity contribution in [1.82, 2.24) is 19.9 Å². The number of imidazole rings is 1. The van der Waals surface area contributed by atoms with Crippen LogP contribution in [0.2, 0.25) is 0 Å². The maximum Gasteiger partial charge on any atom is 1.00 e. The van der Waals surface area contributed by atoms with Crippen molar-refractivity contribution in [1.29, 1.82) is 0 Å². The summed E-state index contributed by atoms with van der Waals surface area (Å²) in [4.78, 5) is 14.2. The van der Waals surface area contributed by atoms with E-state index >= 15 is 0 Å². The van der Waals surface area contributed by atoms with Gasteiger partial charge in [-0.2, -0.15) is 0 Å². The van der Waals surface area contributed by atoms with E-state index in [1.54, 1.807) is 12.5 Å². The van der Waals surface area contributed by atoms with Gasteiger partial charge in [-0.1, -0.05) is 6.20 Å². The Hall–Kier alpha value is -0.450. The Morgan fingerprint density at radius 2 is 2.40 bits per heavy atom. The smallest absolute Gasteiger partial charge is 0.372 e. The number of hydrogen-bond donors (Lipinski definition) is 1. The molecule has 0 spiro atoms. The second-order valence-electron chi connectivity index (χ2n) is 1.61. The SMILES string of the molecule is [Na+].[c-]1ncc2[nH]cnc2n1. The molecule has 0 amide bonds. The van der Waals surface area contributed by atoms with Crippen LogP contribution in [-0.4, -0.2) is 19.9 Å². The first-order chi connectivity index (χ1) is 4.47. The third-order valence-electron chi connectivity index (χ3n) is 1.06. The maximum atomic E-state index is 3.88. The van der Waals surface area contributed by atoms with Crippen molar-refractivity contribution >= 4 is 11.2 Å². The van der Waals surface area contributed by atoms with Crippen LogP contribution in [0.15, 0.2) is 12.5 Å². The van der Waals surface area contributed by atoms with Gasteiger partial charge in [-0.25, -0.2) is 0 Å². The van der Waals surface area contributed by atoms with Crippen molar-refractivity contribution in [3.05, 3.63) is 18.9 Å². The number of fused-ring (bicyclic) bond motifs is 1. The van der Waals surface area contributed by atoms with Gasteiger partial charge in [0.25, 0.3) is 0 Å². The summed E-state index contributed by atoms with van der Waals surface area (Å²) in [6.07, 6.45) is 5.65. The largest absolute Gasteiger partial charge is 1.00 e. The van der Waals surface area contributed by atoms with Gasteiger partial charge < -0.3 is 15.0 Å². The molecular weight excluding hydrogens is 139 g/mol. The fourth-order valence-corrected chi connectivity index (χ4v) is 0.651. The Morgan fingerprint density at radius 3 is 3.20 bits per heavy atom. The number of aromatic amines is 1. The summed E-state index contributed by atoms with van der Waals surface area (Å²) in [7, 11) is 0. The van der Waals surface area contributed by atoms with Crippen molar-refractivity contribution in [2.75, 3.05) is 0 Å². The number of nitrogens with zero attached hydrogens (tertiary/aromatic N) is 3. The van der Waals surface area contributed by atoms with E-state index < -0.39 is 0 Å². The molecular formula is C5H3N4Na. The van der Waals surface area contributed by atoms with Crippen LogP contribution in [0.5, 0.6) is 0 Å². The van der Waals surface area contributed by atoms with Crippen LogP contribution in [0, 0.1) is 6.33 Å². The molecule has 0 fully saturated rings. The Labute approximate surface area is 79.4 Å². The average Bonchev–Trinajstić information content (AvgIpc) is 2.33. The summed E-state index contributed by atoms with van der Waals surface area (Å²) in [5.41, 5.74) is 1.50. The van der Waals surface area contributed by atoms with E-state index in [0.717, 1.165) is 5.52 Å². The van der Waals surface area contributed by atoms with Crippen molar-refractivity contribution in [2.24, 2.45) is 0 Å². The van der Waals surface area contributed by atoms with Gasteiger partial charge in [0.1, 0.15) is 0 Å². The predicted octanol–water partition coefficient (Wildman–Crippen LogP) is -2.84. The Balaban J connectivity index is 0.000000500. The zero-order valence-electron chi connectivity index (χ0n) is 5.50. The first-order valence-corrected chi connectivity index (χ1v) is 2.49. The molecule has 0 saturated carbocycles. The molecule has 10 heavy (non-hydrogen) atoms. The second-order valence-corrected chi connectivity index (χ2v) is 1.61. The van der Waals surface area contributed by atoms with Gasteiger partial charge in [0, 0.05) is 6.33 Å².